The number of rotatable bonds is 36. The second-order valence-electron chi connectivity index (χ2n) is 23.6. The van der Waals surface area contributed by atoms with Crippen molar-refractivity contribution in [2.75, 3.05) is 53.1 Å². The third kappa shape index (κ3) is 23.3. The van der Waals surface area contributed by atoms with E-state index >= 15 is 0 Å². The molecule has 0 spiro atoms. The average molecular weight is 2140 g/mol. The van der Waals surface area contributed by atoms with Crippen LogP contribution in [0.2, 0.25) is 0 Å². The van der Waals surface area contributed by atoms with Crippen molar-refractivity contribution < 1.29 is 345 Å². The lowest BCUT2D eigenvalue weighted by atomic mass is 9.88. The first kappa shape index (κ1) is 134. The third-order valence-electron chi connectivity index (χ3n) is 14.4. The van der Waals surface area contributed by atoms with Gasteiger partial charge in [0.15, 0.2) is 0 Å². The van der Waals surface area contributed by atoms with Crippen molar-refractivity contribution in [3.05, 3.63) is 0 Å². The SMILES string of the molecule is CN(CCO)S(=O)(=O)C(F)(F)C(F)(F)C(F)(F)C(F)(F)C(F)(F)C(F)(F)C(F)(F)C(F)(F)F.NCC(F)(F)C(F)(F)C(F)(F)C(F)(F)C(F)(F)C(F)(F)C(F)(F)F.NCC(F)(F)C(F)(F)C(F)(F)F.OCC(F)(F)F.OCCC(F)(F)C(F)(F)C(F)(F)C(F)(F)C(F)(F)C(F)(F)C(F)(F)C(F)(F)F.OCCCCCCC(F)(F)C(F)(F)C(F)(F)C(F)(F)C(F)(F)C(F)(F)F. The monoisotopic (exact) mass is 2140 g/mol. The van der Waals surface area contributed by atoms with Gasteiger partial charge >= 0.3 is 196 Å². The molecule has 0 aromatic carbocycles. The number of aliphatic hydroxyl groups excluding tert-OH is 4. The number of halogens is 72. The highest BCUT2D eigenvalue weighted by atomic mass is 32.2. The van der Waals surface area contributed by atoms with Crippen LogP contribution in [0, 0.1) is 0 Å². The van der Waals surface area contributed by atoms with E-state index in [1.165, 1.54) is 0 Å². The number of sulfonamides is 1. The second kappa shape index (κ2) is 39.4. The van der Waals surface area contributed by atoms with E-state index in [0.29, 0.717) is 0 Å². The zero-order valence-corrected chi connectivity index (χ0v) is 59.3. The van der Waals surface area contributed by atoms with Gasteiger partial charge in [-0.15, -0.1) is 0 Å². The van der Waals surface area contributed by atoms with Crippen molar-refractivity contribution in [1.29, 1.82) is 0 Å². The zero-order chi connectivity index (χ0) is 108. The summed E-state index contributed by atoms with van der Waals surface area (Å²) in [6.45, 7) is -12.4. The fourth-order valence-corrected chi connectivity index (χ4v) is 7.66. The largest absolute Gasteiger partial charge is 0.460 e. The molecule has 8 N–H and O–H groups in total. The highest BCUT2D eigenvalue weighted by Crippen LogP contribution is 2.69. The van der Waals surface area contributed by atoms with Gasteiger partial charge in [0, 0.05) is 39.6 Å². The quantitative estimate of drug-likeness (QED) is 0.0266. The number of hydrogen-bond acceptors (Lipinski definition) is 8. The van der Waals surface area contributed by atoms with Crippen LogP contribution < -0.4 is 11.5 Å². The topological polar surface area (TPSA) is 170 Å². The molecular weight excluding hydrogens is 2100 g/mol. The summed E-state index contributed by atoms with van der Waals surface area (Å²) in [6.07, 6.45) is -47.6. The van der Waals surface area contributed by atoms with Gasteiger partial charge < -0.3 is 31.9 Å². The van der Waals surface area contributed by atoms with Gasteiger partial charge in [-0.25, -0.2) is 8.42 Å². The number of unbranched alkanes of at least 4 members (excludes halogenated alkanes) is 3. The van der Waals surface area contributed by atoms with Crippen molar-refractivity contribution in [3.8, 4) is 0 Å². The number of hydrogen-bond donors (Lipinski definition) is 6. The summed E-state index contributed by atoms with van der Waals surface area (Å²) in [5, 5.41) is 24.4. The molecule has 0 aromatic heterocycles. The lowest BCUT2D eigenvalue weighted by Crippen LogP contribution is -2.75. The Morgan fingerprint density at radius 2 is 0.380 bits per heavy atom. The van der Waals surface area contributed by atoms with E-state index in [9.17, 15) is 325 Å². The summed E-state index contributed by atoms with van der Waals surface area (Å²) in [6, 6.07) is 0. The molecule has 0 heterocycles. The van der Waals surface area contributed by atoms with Crippen molar-refractivity contribution in [3.63, 3.8) is 0 Å². The Morgan fingerprint density at radius 1 is 0.209 bits per heavy atom. The van der Waals surface area contributed by atoms with E-state index in [1.807, 2.05) is 0 Å². The van der Waals surface area contributed by atoms with E-state index < -0.39 is 276 Å². The number of aliphatic hydroxyl groups is 4. The molecule has 0 amide bonds. The molecule has 82 heteroatoms. The Morgan fingerprint density at radius 3 is 0.550 bits per heavy atom. The van der Waals surface area contributed by atoms with Crippen molar-refractivity contribution in [2.45, 2.75) is 235 Å². The molecule has 0 aliphatic carbocycles. The second-order valence-corrected chi connectivity index (χ2v) is 25.6. The zero-order valence-electron chi connectivity index (χ0n) is 58.5. The summed E-state index contributed by atoms with van der Waals surface area (Å²) >= 11 is 0. The van der Waals surface area contributed by atoms with Crippen LogP contribution in [-0.4, -0.2) is 283 Å². The van der Waals surface area contributed by atoms with Gasteiger partial charge in [-0.05, 0) is 12.8 Å². The molecule has 0 unspecified atom stereocenters. The van der Waals surface area contributed by atoms with Crippen LogP contribution in [0.4, 0.5) is 316 Å². The Hall–Kier alpha value is -5.37. The van der Waals surface area contributed by atoms with Gasteiger partial charge in [0.2, 0.25) is 0 Å². The number of nitrogens with zero attached hydrogens (tertiary/aromatic N) is 1. The first-order valence-electron chi connectivity index (χ1n) is 29.2. The van der Waals surface area contributed by atoms with Crippen LogP contribution >= 0.6 is 0 Å². The molecule has 0 radical (unpaired) electrons. The van der Waals surface area contributed by atoms with Gasteiger partial charge in [0.25, 0.3) is 10.0 Å². The normalized spacial score (nSPS) is 15.9. The Balaban J connectivity index is -0.000000368. The summed E-state index contributed by atoms with van der Waals surface area (Å²) in [5.74, 6) is -202. The molecule has 0 fully saturated rings. The number of alkyl halides is 72. The summed E-state index contributed by atoms with van der Waals surface area (Å²) in [4.78, 5) is 0. The van der Waals surface area contributed by atoms with Gasteiger partial charge in [0.05, 0.1) is 19.7 Å². The van der Waals surface area contributed by atoms with Crippen molar-refractivity contribution >= 4 is 10.0 Å². The lowest BCUT2D eigenvalue weighted by molar-refractivity contribution is -0.461. The van der Waals surface area contributed by atoms with Gasteiger partial charge in [0.1, 0.15) is 6.61 Å². The molecule has 129 heavy (non-hydrogen) atoms. The van der Waals surface area contributed by atoms with E-state index in [-0.39, 0.29) is 26.3 Å². The predicted octanol–water partition coefficient (Wildman–Crippen LogP) is 21.9. The van der Waals surface area contributed by atoms with Crippen molar-refractivity contribution in [2.24, 2.45) is 11.5 Å². The molecule has 0 saturated heterocycles. The smallest absolute Gasteiger partial charge is 0.396 e. The highest BCUT2D eigenvalue weighted by molar-refractivity contribution is 7.90. The minimum Gasteiger partial charge on any atom is -0.396 e. The molecular formula is C47H37F72N3O6S. The summed E-state index contributed by atoms with van der Waals surface area (Å²) in [7, 11) is -7.49. The standard InChI is InChI=1S/C12H13F13O.C11H8F17NO3S.C10H5F17O.C8H4F15N.C4H4F7N.C2H3F3O/c13-7(14,5-3-1-2-4-6-26)8(15,16)9(17,18)10(19,20)11(21,22)12(23,24)25;1-29(2-3-30)33(31,32)11(27,28)9(22,23)7(18,19)5(14,15)4(12,13)6(16,17)8(20,21)10(24,25)26;11-3(12,1-2-28)4(13,14)5(15,16)6(17,18)7(19,20)8(21,22)9(23,24)10(25,26)27;9-2(10,1-24)3(11,12)4(13,14)5(15,16)6(17,18)7(19,20)8(21,22)23;5-2(6,1-12)3(7,8)4(9,10)11;3-2(4,5)1-6/h26H,1-6H2;30H,2-3H2,1H3;28H,1-2H2;1,24H2;1,12H2;6H,1H2. The molecule has 0 aliphatic rings. The molecule has 9 nitrogen and oxygen atoms in total. The van der Waals surface area contributed by atoms with Gasteiger partial charge in [-0.2, -0.15) is 320 Å². The van der Waals surface area contributed by atoms with Crippen LogP contribution in [0.25, 0.3) is 0 Å². The summed E-state index contributed by atoms with van der Waals surface area (Å²) in [5.41, 5.74) is 7.93. The van der Waals surface area contributed by atoms with E-state index in [0.717, 1.165) is 0 Å². The molecule has 0 atom stereocenters. The molecule has 0 saturated carbocycles. The lowest BCUT2D eigenvalue weighted by Gasteiger charge is -2.42. The molecule has 0 rings (SSSR count). The Bertz CT molecular complexity index is 3580. The first-order chi connectivity index (χ1) is 54.8. The Labute approximate surface area is 659 Å². The summed E-state index contributed by atoms with van der Waals surface area (Å²) < 4.78 is 925. The predicted molar refractivity (Wildman–Crippen MR) is 266 cm³/mol. The molecule has 786 valence electrons. The fraction of sp³-hybridized carbons (Fsp3) is 1.00. The number of likely N-dealkylation sites (N-methyl/N-ethyl adjacent to an activating group) is 1. The minimum absolute atomic E-state index is 0.0218. The number of nitrogens with two attached hydrogens (primary N) is 2. The van der Waals surface area contributed by atoms with Crippen LogP contribution in [-0.2, 0) is 10.0 Å². The highest BCUT2D eigenvalue weighted by Gasteiger charge is 3.00. The molecule has 0 aliphatic heterocycles. The molecule has 0 aromatic rings. The maximum Gasteiger partial charge on any atom is 0.460 e. The van der Waals surface area contributed by atoms with Crippen molar-refractivity contribution in [1.82, 2.24) is 4.31 Å². The van der Waals surface area contributed by atoms with Crippen LogP contribution in [0.3, 0.4) is 0 Å². The fourth-order valence-electron chi connectivity index (χ4n) is 6.50. The average Bonchev–Trinajstić information content (AvgIpc) is 0.692. The van der Waals surface area contributed by atoms with Gasteiger partial charge in [-0.3, -0.25) is 0 Å². The first-order valence-corrected chi connectivity index (χ1v) is 30.6. The van der Waals surface area contributed by atoms with E-state index in [2.05, 4.69) is 11.5 Å². The maximum absolute atomic E-state index is 13.7. The van der Waals surface area contributed by atoms with Crippen LogP contribution in [0.1, 0.15) is 38.5 Å². The van der Waals surface area contributed by atoms with E-state index in [4.69, 9.17) is 20.4 Å². The maximum atomic E-state index is 13.7. The van der Waals surface area contributed by atoms with Gasteiger partial charge in [-0.1, -0.05) is 12.8 Å². The van der Waals surface area contributed by atoms with Crippen LogP contribution in [0.15, 0.2) is 0 Å². The minimum atomic E-state index is -8.86. The van der Waals surface area contributed by atoms with E-state index in [1.54, 1.807) is 0 Å². The Kier molecular flexibility index (Phi) is 41.0. The third-order valence-corrected chi connectivity index (χ3v) is 16.3. The molecule has 0 bridgehead atoms. The van der Waals surface area contributed by atoms with Crippen LogP contribution in [0.5, 0.6) is 0 Å².